The van der Waals surface area contributed by atoms with Gasteiger partial charge in [0.05, 0.1) is 18.4 Å². The lowest BCUT2D eigenvalue weighted by Crippen LogP contribution is -3.10. The van der Waals surface area contributed by atoms with Gasteiger partial charge in [-0.1, -0.05) is 72.8 Å². The predicted octanol–water partition coefficient (Wildman–Crippen LogP) is 3.05. The lowest BCUT2D eigenvalue weighted by atomic mass is 9.95. The van der Waals surface area contributed by atoms with Gasteiger partial charge < -0.3 is 10.2 Å². The van der Waals surface area contributed by atoms with Crippen LogP contribution in [0.2, 0.25) is 0 Å². The molecule has 0 aliphatic carbocycles. The van der Waals surface area contributed by atoms with Gasteiger partial charge in [0.1, 0.15) is 11.6 Å². The zero-order chi connectivity index (χ0) is 22.0. The van der Waals surface area contributed by atoms with Crippen LogP contribution in [0.3, 0.4) is 0 Å². The van der Waals surface area contributed by atoms with Crippen molar-refractivity contribution in [1.29, 1.82) is 0 Å². The zero-order valence-electron chi connectivity index (χ0n) is 18.1. The summed E-state index contributed by atoms with van der Waals surface area (Å²) < 4.78 is 0. The van der Waals surface area contributed by atoms with Crippen LogP contribution in [0.25, 0.3) is 0 Å². The highest BCUT2D eigenvalue weighted by molar-refractivity contribution is 6.14. The molecular weight excluding hydrogens is 386 g/mol. The van der Waals surface area contributed by atoms with Crippen LogP contribution >= 0.6 is 0 Å². The van der Waals surface area contributed by atoms with Crippen molar-refractivity contribution >= 4 is 23.2 Å². The maximum Gasteiger partial charge on any atom is 0.283 e. The Morgan fingerprint density at radius 3 is 2.00 bits per heavy atom. The number of anilines is 2. The second-order valence-electron chi connectivity index (χ2n) is 8.54. The number of para-hydroxylation sites is 2. The first-order valence-corrected chi connectivity index (χ1v) is 10.6. The Morgan fingerprint density at radius 1 is 0.903 bits per heavy atom. The number of carbonyl (C=O) groups is 2. The summed E-state index contributed by atoms with van der Waals surface area (Å²) in [7, 11) is 2.03. The average molecular weight is 415 g/mol. The molecule has 0 aromatic heterocycles. The number of nitrogens with one attached hydrogen (secondary N) is 2. The Labute approximate surface area is 183 Å². The van der Waals surface area contributed by atoms with E-state index in [1.165, 1.54) is 0 Å². The Morgan fingerprint density at radius 2 is 1.42 bits per heavy atom. The first-order chi connectivity index (χ1) is 14.9. The van der Waals surface area contributed by atoms with Gasteiger partial charge in [0.2, 0.25) is 5.91 Å². The Balaban J connectivity index is 1.67. The molecule has 0 bridgehead atoms. The van der Waals surface area contributed by atoms with Gasteiger partial charge >= 0.3 is 0 Å². The van der Waals surface area contributed by atoms with E-state index in [1.807, 2.05) is 67.7 Å². The molecule has 1 aliphatic rings. The van der Waals surface area contributed by atoms with Crippen LogP contribution in [0.15, 0.2) is 84.9 Å². The second-order valence-corrected chi connectivity index (χ2v) is 8.54. The van der Waals surface area contributed by atoms with Crippen LogP contribution in [0.1, 0.15) is 31.0 Å². The molecular formula is C26H28N3O2+. The molecule has 3 aromatic carbocycles. The Bertz CT molecular complexity index is 1040. The molecule has 0 radical (unpaired) electrons. The molecule has 1 unspecified atom stereocenters. The summed E-state index contributed by atoms with van der Waals surface area (Å²) in [6, 6.07) is 27.9. The Hall–Kier alpha value is -3.44. The number of quaternary nitrogens is 1. The molecule has 0 fully saturated rings. The molecule has 1 heterocycles. The number of rotatable bonds is 5. The van der Waals surface area contributed by atoms with Crippen molar-refractivity contribution in [1.82, 2.24) is 0 Å². The highest BCUT2D eigenvalue weighted by Gasteiger charge is 2.44. The normalized spacial score (nSPS) is 15.9. The third-order valence-electron chi connectivity index (χ3n) is 5.95. The van der Waals surface area contributed by atoms with Gasteiger partial charge in [-0.25, -0.2) is 0 Å². The van der Waals surface area contributed by atoms with Crippen LogP contribution in [-0.4, -0.2) is 30.9 Å². The summed E-state index contributed by atoms with van der Waals surface area (Å²) >= 11 is 0. The van der Waals surface area contributed by atoms with Crippen LogP contribution in [0, 0.1) is 0 Å². The highest BCUT2D eigenvalue weighted by Crippen LogP contribution is 2.36. The lowest BCUT2D eigenvalue weighted by Gasteiger charge is -2.42. The average Bonchev–Trinajstić information content (AvgIpc) is 2.76. The van der Waals surface area contributed by atoms with E-state index in [1.54, 1.807) is 18.7 Å². The first-order valence-electron chi connectivity index (χ1n) is 10.6. The van der Waals surface area contributed by atoms with Crippen LogP contribution in [-0.2, 0) is 9.59 Å². The zero-order valence-corrected chi connectivity index (χ0v) is 18.1. The van der Waals surface area contributed by atoms with Gasteiger partial charge in [0, 0.05) is 11.1 Å². The number of carbonyl (C=O) groups excluding carboxylic acids is 2. The minimum absolute atomic E-state index is 0.00308. The molecule has 2 amide bonds. The molecule has 0 saturated heterocycles. The minimum Gasteiger partial charge on any atom is -0.322 e. The molecule has 0 saturated carbocycles. The van der Waals surface area contributed by atoms with E-state index in [2.05, 4.69) is 29.6 Å². The number of likely N-dealkylation sites (N-methyl/N-ethyl adjacent to an activating group) is 1. The van der Waals surface area contributed by atoms with Crippen molar-refractivity contribution in [2.24, 2.45) is 0 Å². The van der Waals surface area contributed by atoms with Crippen LogP contribution in [0.4, 0.5) is 11.4 Å². The fourth-order valence-corrected chi connectivity index (χ4v) is 4.37. The Kier molecular flexibility index (Phi) is 5.61. The maximum absolute atomic E-state index is 13.6. The first kappa shape index (κ1) is 20.8. The highest BCUT2D eigenvalue weighted by atomic mass is 16.2. The summed E-state index contributed by atoms with van der Waals surface area (Å²) in [5.41, 5.74) is 2.73. The standard InChI is InChI=1S/C26H27N3O2/c1-26(2)25(31)27-21-16-10-11-17-22(21)29(26)23(30)18-28(3)24(19-12-6-4-7-13-19)20-14-8-5-9-15-20/h4-17,24H,18H2,1-3H3,(H,27,31)/p+1. The number of nitrogens with zero attached hydrogens (tertiary/aromatic N) is 1. The summed E-state index contributed by atoms with van der Waals surface area (Å²) in [5.74, 6) is -0.262. The van der Waals surface area contributed by atoms with Crippen molar-refractivity contribution in [2.45, 2.75) is 25.4 Å². The van der Waals surface area contributed by atoms with E-state index in [0.717, 1.165) is 21.7 Å². The number of fused-ring (bicyclic) bond motifs is 1. The van der Waals surface area contributed by atoms with Crippen molar-refractivity contribution in [2.75, 3.05) is 23.8 Å². The maximum atomic E-state index is 13.6. The van der Waals surface area contributed by atoms with Crippen molar-refractivity contribution in [3.8, 4) is 0 Å². The number of hydrogen-bond acceptors (Lipinski definition) is 2. The molecule has 3 aromatic rings. The van der Waals surface area contributed by atoms with E-state index in [0.29, 0.717) is 5.69 Å². The fourth-order valence-electron chi connectivity index (χ4n) is 4.37. The summed E-state index contributed by atoms with van der Waals surface area (Å²) in [6.07, 6.45) is 0. The molecule has 5 nitrogen and oxygen atoms in total. The van der Waals surface area contributed by atoms with Gasteiger partial charge in [-0.05, 0) is 26.0 Å². The van der Waals surface area contributed by atoms with Crippen molar-refractivity contribution in [3.05, 3.63) is 96.1 Å². The van der Waals surface area contributed by atoms with Gasteiger partial charge in [-0.3, -0.25) is 14.5 Å². The summed E-state index contributed by atoms with van der Waals surface area (Å²) in [6.45, 7) is 3.83. The molecule has 158 valence electrons. The monoisotopic (exact) mass is 414 g/mol. The molecule has 1 aliphatic heterocycles. The third-order valence-corrected chi connectivity index (χ3v) is 5.95. The lowest BCUT2D eigenvalue weighted by molar-refractivity contribution is -0.897. The molecule has 1 atom stereocenters. The van der Waals surface area contributed by atoms with Gasteiger partial charge in [0.25, 0.3) is 5.91 Å². The van der Waals surface area contributed by atoms with Crippen molar-refractivity contribution < 1.29 is 14.5 Å². The van der Waals surface area contributed by atoms with E-state index in [-0.39, 0.29) is 24.4 Å². The van der Waals surface area contributed by atoms with Gasteiger partial charge in [-0.2, -0.15) is 0 Å². The van der Waals surface area contributed by atoms with E-state index >= 15 is 0 Å². The van der Waals surface area contributed by atoms with Crippen molar-refractivity contribution in [3.63, 3.8) is 0 Å². The van der Waals surface area contributed by atoms with Crippen LogP contribution in [0.5, 0.6) is 0 Å². The number of benzene rings is 3. The summed E-state index contributed by atoms with van der Waals surface area (Å²) in [4.78, 5) is 29.1. The molecule has 31 heavy (non-hydrogen) atoms. The minimum atomic E-state index is -0.972. The summed E-state index contributed by atoms with van der Waals surface area (Å²) in [5, 5.41) is 2.92. The van der Waals surface area contributed by atoms with E-state index < -0.39 is 5.54 Å². The topological polar surface area (TPSA) is 53.9 Å². The number of hydrogen-bond donors (Lipinski definition) is 2. The van der Waals surface area contributed by atoms with Crippen LogP contribution < -0.4 is 15.1 Å². The van der Waals surface area contributed by atoms with Gasteiger partial charge in [-0.15, -0.1) is 0 Å². The number of amides is 2. The molecule has 2 N–H and O–H groups in total. The molecule has 0 spiro atoms. The SMILES string of the molecule is C[NH+](CC(=O)N1c2ccccc2NC(=O)C1(C)C)C(c1ccccc1)c1ccccc1. The van der Waals surface area contributed by atoms with Gasteiger partial charge in [0.15, 0.2) is 6.54 Å². The van der Waals surface area contributed by atoms with E-state index in [9.17, 15) is 9.59 Å². The fraction of sp³-hybridized carbons (Fsp3) is 0.231. The smallest absolute Gasteiger partial charge is 0.283 e. The predicted molar refractivity (Wildman–Crippen MR) is 123 cm³/mol. The largest absolute Gasteiger partial charge is 0.322 e. The second kappa shape index (κ2) is 8.36. The van der Waals surface area contributed by atoms with E-state index in [4.69, 9.17) is 0 Å². The molecule has 4 rings (SSSR count). The third kappa shape index (κ3) is 3.97. The quantitative estimate of drug-likeness (QED) is 0.674. The molecule has 5 heteroatoms.